The van der Waals surface area contributed by atoms with E-state index in [1.807, 2.05) is 56.3 Å². The second-order valence-corrected chi connectivity index (χ2v) is 7.21. The maximum Gasteiger partial charge on any atom is 0.335 e. The van der Waals surface area contributed by atoms with Crippen molar-refractivity contribution < 1.29 is 19.4 Å². The van der Waals surface area contributed by atoms with E-state index in [-0.39, 0.29) is 5.56 Å². The van der Waals surface area contributed by atoms with Crippen LogP contribution in [0.25, 0.3) is 0 Å². The van der Waals surface area contributed by atoms with E-state index in [1.165, 1.54) is 0 Å². The molecule has 0 fully saturated rings. The van der Waals surface area contributed by atoms with Gasteiger partial charge in [-0.15, -0.1) is 0 Å². The number of halogens is 1. The number of ether oxygens (including phenoxy) is 2. The van der Waals surface area contributed by atoms with E-state index in [9.17, 15) is 9.90 Å². The Labute approximate surface area is 181 Å². The van der Waals surface area contributed by atoms with Gasteiger partial charge in [0.2, 0.25) is 0 Å². The minimum atomic E-state index is -0.959. The third-order valence-electron chi connectivity index (χ3n) is 4.56. The van der Waals surface area contributed by atoms with Crippen molar-refractivity contribution in [2.24, 2.45) is 0 Å². The first-order valence-electron chi connectivity index (χ1n) is 9.67. The number of hydrogen-bond acceptors (Lipinski definition) is 4. The van der Waals surface area contributed by atoms with Crippen LogP contribution in [-0.2, 0) is 13.2 Å². The molecular formula is C24H24ClNO4. The van der Waals surface area contributed by atoms with Crippen molar-refractivity contribution in [3.63, 3.8) is 0 Å². The highest BCUT2D eigenvalue weighted by molar-refractivity contribution is 6.32. The molecule has 0 heterocycles. The van der Waals surface area contributed by atoms with Crippen LogP contribution in [0, 0.1) is 6.92 Å². The monoisotopic (exact) mass is 425 g/mol. The quantitative estimate of drug-likeness (QED) is 0.444. The van der Waals surface area contributed by atoms with E-state index < -0.39 is 5.97 Å². The lowest BCUT2D eigenvalue weighted by Gasteiger charge is -2.16. The molecule has 0 atom stereocenters. The molecular weight excluding hydrogens is 402 g/mol. The van der Waals surface area contributed by atoms with Crippen LogP contribution in [0.4, 0.5) is 5.69 Å². The van der Waals surface area contributed by atoms with Crippen molar-refractivity contribution in [3.05, 3.63) is 87.9 Å². The third kappa shape index (κ3) is 5.45. The van der Waals surface area contributed by atoms with Gasteiger partial charge in [0.1, 0.15) is 6.61 Å². The first kappa shape index (κ1) is 21.5. The number of anilines is 1. The van der Waals surface area contributed by atoms with E-state index in [0.717, 1.165) is 22.4 Å². The van der Waals surface area contributed by atoms with Gasteiger partial charge >= 0.3 is 5.97 Å². The second kappa shape index (κ2) is 10.0. The Morgan fingerprint density at radius 3 is 2.50 bits per heavy atom. The fourth-order valence-electron chi connectivity index (χ4n) is 3.00. The third-order valence-corrected chi connectivity index (χ3v) is 4.84. The van der Waals surface area contributed by atoms with Gasteiger partial charge in [0, 0.05) is 12.2 Å². The largest absolute Gasteiger partial charge is 0.490 e. The van der Waals surface area contributed by atoms with Crippen LogP contribution in [0.15, 0.2) is 60.7 Å². The minimum Gasteiger partial charge on any atom is -0.490 e. The summed E-state index contributed by atoms with van der Waals surface area (Å²) in [6.45, 7) is 5.16. The van der Waals surface area contributed by atoms with Gasteiger partial charge in [-0.2, -0.15) is 0 Å². The summed E-state index contributed by atoms with van der Waals surface area (Å²) in [5.74, 6) is 0.128. The van der Waals surface area contributed by atoms with Crippen molar-refractivity contribution in [1.82, 2.24) is 0 Å². The molecule has 156 valence electrons. The Kier molecular flexibility index (Phi) is 7.20. The van der Waals surface area contributed by atoms with Gasteiger partial charge in [-0.05, 0) is 54.8 Å². The van der Waals surface area contributed by atoms with Crippen LogP contribution in [0.1, 0.15) is 34.0 Å². The van der Waals surface area contributed by atoms with Crippen LogP contribution in [0.3, 0.4) is 0 Å². The molecule has 0 saturated heterocycles. The Morgan fingerprint density at radius 1 is 1.03 bits per heavy atom. The second-order valence-electron chi connectivity index (χ2n) is 6.80. The van der Waals surface area contributed by atoms with Crippen molar-refractivity contribution in [2.75, 3.05) is 11.9 Å². The summed E-state index contributed by atoms with van der Waals surface area (Å²) in [4.78, 5) is 11.2. The summed E-state index contributed by atoms with van der Waals surface area (Å²) < 4.78 is 11.7. The number of aryl methyl sites for hydroxylation is 1. The summed E-state index contributed by atoms with van der Waals surface area (Å²) in [5, 5.41) is 12.9. The Hall–Kier alpha value is -3.18. The minimum absolute atomic E-state index is 0.237. The van der Waals surface area contributed by atoms with Crippen LogP contribution >= 0.6 is 11.6 Å². The first-order chi connectivity index (χ1) is 14.5. The summed E-state index contributed by atoms with van der Waals surface area (Å²) >= 11 is 6.51. The Morgan fingerprint density at radius 2 is 1.80 bits per heavy atom. The molecule has 6 heteroatoms. The van der Waals surface area contributed by atoms with E-state index in [0.29, 0.717) is 36.3 Å². The molecule has 2 N–H and O–H groups in total. The zero-order chi connectivity index (χ0) is 21.5. The number of nitrogens with one attached hydrogen (secondary N) is 1. The van der Waals surface area contributed by atoms with Crippen molar-refractivity contribution in [3.8, 4) is 11.5 Å². The number of benzene rings is 3. The van der Waals surface area contributed by atoms with Crippen LogP contribution < -0.4 is 14.8 Å². The number of rotatable bonds is 9. The highest BCUT2D eigenvalue weighted by Crippen LogP contribution is 2.37. The molecule has 0 saturated carbocycles. The fourth-order valence-corrected chi connectivity index (χ4v) is 3.29. The molecule has 3 rings (SSSR count). The average molecular weight is 426 g/mol. The maximum atomic E-state index is 11.2. The number of carbonyl (C=O) groups is 1. The normalized spacial score (nSPS) is 10.5. The highest BCUT2D eigenvalue weighted by Gasteiger charge is 2.14. The van der Waals surface area contributed by atoms with Gasteiger partial charge in [0.15, 0.2) is 11.5 Å². The predicted octanol–water partition coefficient (Wildman–Crippen LogP) is 5.94. The lowest BCUT2D eigenvalue weighted by atomic mass is 10.1. The molecule has 3 aromatic carbocycles. The van der Waals surface area contributed by atoms with E-state index >= 15 is 0 Å². The molecule has 0 aliphatic carbocycles. The van der Waals surface area contributed by atoms with Crippen molar-refractivity contribution >= 4 is 23.3 Å². The molecule has 0 radical (unpaired) electrons. The van der Waals surface area contributed by atoms with Gasteiger partial charge in [0.25, 0.3) is 0 Å². The van der Waals surface area contributed by atoms with Crippen LogP contribution in [0.2, 0.25) is 5.02 Å². The smallest absolute Gasteiger partial charge is 0.335 e. The Balaban J connectivity index is 1.78. The number of hydrogen-bond donors (Lipinski definition) is 2. The molecule has 5 nitrogen and oxygen atoms in total. The average Bonchev–Trinajstić information content (AvgIpc) is 2.73. The van der Waals surface area contributed by atoms with Crippen molar-refractivity contribution in [1.29, 1.82) is 0 Å². The molecule has 0 aliphatic heterocycles. The lowest BCUT2D eigenvalue weighted by molar-refractivity contribution is 0.0697. The van der Waals surface area contributed by atoms with Crippen LogP contribution in [-0.4, -0.2) is 17.7 Å². The molecule has 0 aliphatic rings. The standard InChI is InChI=1S/C24H24ClNO4/c1-3-29-22-12-18(14-26-21-13-19(24(27)28)10-9-16(21)2)11-20(25)23(22)30-15-17-7-5-4-6-8-17/h4-13,26H,3,14-15H2,1-2H3,(H,27,28). The molecule has 0 amide bonds. The lowest BCUT2D eigenvalue weighted by Crippen LogP contribution is -2.05. The number of carboxylic acids is 1. The predicted molar refractivity (Wildman–Crippen MR) is 119 cm³/mol. The summed E-state index contributed by atoms with van der Waals surface area (Å²) in [7, 11) is 0. The summed E-state index contributed by atoms with van der Waals surface area (Å²) in [5.41, 5.74) is 3.89. The zero-order valence-corrected chi connectivity index (χ0v) is 17.7. The molecule has 0 spiro atoms. The summed E-state index contributed by atoms with van der Waals surface area (Å²) in [6, 6.07) is 18.6. The van der Waals surface area contributed by atoms with Crippen LogP contribution in [0.5, 0.6) is 11.5 Å². The zero-order valence-electron chi connectivity index (χ0n) is 16.9. The van der Waals surface area contributed by atoms with Gasteiger partial charge < -0.3 is 19.9 Å². The SMILES string of the molecule is CCOc1cc(CNc2cc(C(=O)O)ccc2C)cc(Cl)c1OCc1ccccc1. The molecule has 30 heavy (non-hydrogen) atoms. The van der Waals surface area contributed by atoms with Gasteiger partial charge in [0.05, 0.1) is 17.2 Å². The van der Waals surface area contributed by atoms with Crippen molar-refractivity contribution in [2.45, 2.75) is 27.0 Å². The van der Waals surface area contributed by atoms with E-state index in [1.54, 1.807) is 18.2 Å². The van der Waals surface area contributed by atoms with Gasteiger partial charge in [-0.3, -0.25) is 0 Å². The number of aromatic carboxylic acids is 1. The molecule has 0 aromatic heterocycles. The van der Waals surface area contributed by atoms with Gasteiger partial charge in [-0.25, -0.2) is 4.79 Å². The Bertz CT molecular complexity index is 1020. The first-order valence-corrected chi connectivity index (χ1v) is 10.1. The molecule has 0 bridgehead atoms. The topological polar surface area (TPSA) is 67.8 Å². The van der Waals surface area contributed by atoms with E-state index in [4.69, 9.17) is 21.1 Å². The molecule has 0 unspecified atom stereocenters. The fraction of sp³-hybridized carbons (Fsp3) is 0.208. The molecule has 3 aromatic rings. The summed E-state index contributed by atoms with van der Waals surface area (Å²) in [6.07, 6.45) is 0. The maximum absolute atomic E-state index is 11.2. The number of carboxylic acid groups (broad SMARTS) is 1. The highest BCUT2D eigenvalue weighted by atomic mass is 35.5. The van der Waals surface area contributed by atoms with Gasteiger partial charge in [-0.1, -0.05) is 48.0 Å². The van der Waals surface area contributed by atoms with E-state index in [2.05, 4.69) is 5.32 Å².